The van der Waals surface area contributed by atoms with Crippen molar-refractivity contribution < 1.29 is 19.4 Å². The lowest BCUT2D eigenvalue weighted by Crippen LogP contribution is -2.31. The highest BCUT2D eigenvalue weighted by Crippen LogP contribution is 2.33. The van der Waals surface area contributed by atoms with Crippen LogP contribution < -0.4 is 0 Å². The number of ether oxygens (including phenoxy) is 2. The van der Waals surface area contributed by atoms with E-state index in [0.29, 0.717) is 6.42 Å². The fourth-order valence-electron chi connectivity index (χ4n) is 3.56. The fraction of sp³-hybridized carbons (Fsp3) is 0.944. The van der Waals surface area contributed by atoms with Crippen molar-refractivity contribution in [2.75, 3.05) is 0 Å². The Morgan fingerprint density at radius 3 is 2.18 bits per heavy atom. The Labute approximate surface area is 134 Å². The van der Waals surface area contributed by atoms with Crippen molar-refractivity contribution in [2.45, 2.75) is 108 Å². The molecule has 22 heavy (non-hydrogen) atoms. The molecular weight excluding hydrogens is 280 g/mol. The zero-order chi connectivity index (χ0) is 15.8. The van der Waals surface area contributed by atoms with Crippen LogP contribution in [0.3, 0.4) is 0 Å². The lowest BCUT2D eigenvalue weighted by atomic mass is 10.0. The van der Waals surface area contributed by atoms with E-state index in [2.05, 4.69) is 6.92 Å². The molecule has 2 saturated heterocycles. The predicted octanol–water partition coefficient (Wildman–Crippen LogP) is 3.74. The SMILES string of the molecule is CCCCCCCCCCCC[C@@H]1O[C@@H]2CC(=O)O[C@@H]2[C@H]1O. The largest absolute Gasteiger partial charge is 0.457 e. The van der Waals surface area contributed by atoms with E-state index in [9.17, 15) is 9.90 Å². The molecule has 0 unspecified atom stereocenters. The molecule has 0 saturated carbocycles. The quantitative estimate of drug-likeness (QED) is 0.466. The summed E-state index contributed by atoms with van der Waals surface area (Å²) in [5, 5.41) is 10.1. The van der Waals surface area contributed by atoms with Gasteiger partial charge in [0.25, 0.3) is 0 Å². The lowest BCUT2D eigenvalue weighted by molar-refractivity contribution is -0.145. The predicted molar refractivity (Wildman–Crippen MR) is 85.6 cm³/mol. The minimum absolute atomic E-state index is 0.142. The highest BCUT2D eigenvalue weighted by molar-refractivity contribution is 5.72. The number of unbranched alkanes of at least 4 members (excludes halogenated alkanes) is 9. The smallest absolute Gasteiger partial charge is 0.309 e. The van der Waals surface area contributed by atoms with Crippen molar-refractivity contribution in [3.05, 3.63) is 0 Å². The highest BCUT2D eigenvalue weighted by atomic mass is 16.6. The number of aliphatic hydroxyl groups excluding tert-OH is 1. The lowest BCUT2D eigenvalue weighted by Gasteiger charge is -2.16. The van der Waals surface area contributed by atoms with Crippen LogP contribution in [0.4, 0.5) is 0 Å². The van der Waals surface area contributed by atoms with Gasteiger partial charge in [-0.1, -0.05) is 71.1 Å². The first-order valence-electron chi connectivity index (χ1n) is 9.25. The van der Waals surface area contributed by atoms with Crippen LogP contribution in [0, 0.1) is 0 Å². The van der Waals surface area contributed by atoms with Crippen LogP contribution in [0.15, 0.2) is 0 Å². The van der Waals surface area contributed by atoms with E-state index in [1.54, 1.807) is 0 Å². The van der Waals surface area contributed by atoms with E-state index >= 15 is 0 Å². The van der Waals surface area contributed by atoms with E-state index < -0.39 is 12.2 Å². The van der Waals surface area contributed by atoms with E-state index in [1.165, 1.54) is 57.8 Å². The Morgan fingerprint density at radius 1 is 1.00 bits per heavy atom. The molecule has 0 bridgehead atoms. The van der Waals surface area contributed by atoms with Crippen LogP contribution in [0.1, 0.15) is 84.0 Å². The summed E-state index contributed by atoms with van der Waals surface area (Å²) in [5.41, 5.74) is 0. The number of carbonyl (C=O) groups excluding carboxylic acids is 1. The van der Waals surface area contributed by atoms with E-state index in [0.717, 1.165) is 12.8 Å². The highest BCUT2D eigenvalue weighted by Gasteiger charge is 2.50. The first kappa shape index (κ1) is 17.7. The van der Waals surface area contributed by atoms with Crippen LogP contribution in [-0.2, 0) is 14.3 Å². The van der Waals surface area contributed by atoms with Gasteiger partial charge in [-0.05, 0) is 6.42 Å². The third-order valence-corrected chi connectivity index (χ3v) is 4.91. The topological polar surface area (TPSA) is 55.8 Å². The molecule has 4 nitrogen and oxygen atoms in total. The Morgan fingerprint density at radius 2 is 1.59 bits per heavy atom. The molecule has 128 valence electrons. The summed E-state index contributed by atoms with van der Waals surface area (Å²) in [7, 11) is 0. The Hall–Kier alpha value is -0.610. The second kappa shape index (κ2) is 9.51. The zero-order valence-electron chi connectivity index (χ0n) is 14.0. The van der Waals surface area contributed by atoms with Gasteiger partial charge in [0.2, 0.25) is 0 Å². The van der Waals surface area contributed by atoms with Crippen molar-refractivity contribution in [1.82, 2.24) is 0 Å². The number of fused-ring (bicyclic) bond motifs is 1. The van der Waals surface area contributed by atoms with Crippen molar-refractivity contribution in [2.24, 2.45) is 0 Å². The summed E-state index contributed by atoms with van der Waals surface area (Å²) < 4.78 is 10.9. The van der Waals surface area contributed by atoms with E-state index in [4.69, 9.17) is 9.47 Å². The maximum Gasteiger partial charge on any atom is 0.309 e. The van der Waals surface area contributed by atoms with Crippen LogP contribution in [-0.4, -0.2) is 35.5 Å². The number of hydrogen-bond acceptors (Lipinski definition) is 4. The van der Waals surface area contributed by atoms with Crippen LogP contribution in [0.2, 0.25) is 0 Å². The molecule has 2 aliphatic heterocycles. The first-order chi connectivity index (χ1) is 10.7. The molecule has 2 heterocycles. The summed E-state index contributed by atoms with van der Waals surface area (Å²) in [5.74, 6) is -0.244. The molecule has 0 aromatic carbocycles. The Balaban J connectivity index is 1.44. The zero-order valence-corrected chi connectivity index (χ0v) is 14.0. The van der Waals surface area contributed by atoms with Crippen molar-refractivity contribution in [3.63, 3.8) is 0 Å². The maximum absolute atomic E-state index is 11.1. The summed E-state index contributed by atoms with van der Waals surface area (Å²) in [6, 6.07) is 0. The van der Waals surface area contributed by atoms with Gasteiger partial charge in [0, 0.05) is 0 Å². The summed E-state index contributed by atoms with van der Waals surface area (Å²) in [6.45, 7) is 2.25. The molecule has 0 aliphatic carbocycles. The van der Waals surface area contributed by atoms with Crippen LogP contribution in [0.25, 0.3) is 0 Å². The van der Waals surface area contributed by atoms with Crippen molar-refractivity contribution in [3.8, 4) is 0 Å². The van der Waals surface area contributed by atoms with Gasteiger partial charge in [0.1, 0.15) is 12.2 Å². The molecule has 0 aromatic rings. The minimum atomic E-state index is -0.630. The van der Waals surface area contributed by atoms with Gasteiger partial charge >= 0.3 is 5.97 Å². The second-order valence-corrected chi connectivity index (χ2v) is 6.83. The Kier molecular flexibility index (Phi) is 7.67. The molecule has 4 heteroatoms. The number of rotatable bonds is 11. The molecule has 0 aromatic heterocycles. The molecule has 0 spiro atoms. The Bertz CT molecular complexity index is 331. The fourth-order valence-corrected chi connectivity index (χ4v) is 3.56. The van der Waals surface area contributed by atoms with Gasteiger partial charge in [0.15, 0.2) is 6.10 Å². The van der Waals surface area contributed by atoms with E-state index in [-0.39, 0.29) is 18.2 Å². The minimum Gasteiger partial charge on any atom is -0.457 e. The van der Waals surface area contributed by atoms with Gasteiger partial charge in [-0.3, -0.25) is 4.79 Å². The summed E-state index contributed by atoms with van der Waals surface area (Å²) >= 11 is 0. The monoisotopic (exact) mass is 312 g/mol. The number of aliphatic hydroxyl groups is 1. The third kappa shape index (κ3) is 5.24. The second-order valence-electron chi connectivity index (χ2n) is 6.83. The molecule has 2 fully saturated rings. The summed E-state index contributed by atoms with van der Waals surface area (Å²) in [6.07, 6.45) is 12.9. The maximum atomic E-state index is 11.1. The average molecular weight is 312 g/mol. The molecule has 1 N–H and O–H groups in total. The molecule has 0 radical (unpaired) electrons. The van der Waals surface area contributed by atoms with Gasteiger partial charge < -0.3 is 14.6 Å². The standard InChI is InChI=1S/C18H32O4/c1-2-3-4-5-6-7-8-9-10-11-12-14-17(20)18-15(21-14)13-16(19)22-18/h14-15,17-18,20H,2-13H2,1H3/t14-,15+,17-,18-/m0/s1. The van der Waals surface area contributed by atoms with Crippen LogP contribution in [0.5, 0.6) is 0 Å². The normalized spacial score (nSPS) is 30.5. The first-order valence-corrected chi connectivity index (χ1v) is 9.25. The van der Waals surface area contributed by atoms with Gasteiger partial charge in [-0.15, -0.1) is 0 Å². The third-order valence-electron chi connectivity index (χ3n) is 4.91. The van der Waals surface area contributed by atoms with Crippen molar-refractivity contribution in [1.29, 1.82) is 0 Å². The average Bonchev–Trinajstić information content (AvgIpc) is 2.99. The van der Waals surface area contributed by atoms with E-state index in [1.807, 2.05) is 0 Å². The molecule has 2 aliphatic rings. The van der Waals surface area contributed by atoms with Gasteiger partial charge in [0.05, 0.1) is 12.5 Å². The summed E-state index contributed by atoms with van der Waals surface area (Å²) in [4.78, 5) is 11.1. The van der Waals surface area contributed by atoms with Gasteiger partial charge in [-0.2, -0.15) is 0 Å². The number of hydrogen-bond donors (Lipinski definition) is 1. The molecule has 4 atom stereocenters. The number of esters is 1. The molecule has 2 rings (SSSR count). The van der Waals surface area contributed by atoms with Crippen LogP contribution >= 0.6 is 0 Å². The number of carbonyl (C=O) groups is 1. The molecular formula is C18H32O4. The molecule has 0 amide bonds. The van der Waals surface area contributed by atoms with Gasteiger partial charge in [-0.25, -0.2) is 0 Å². The van der Waals surface area contributed by atoms with Crippen molar-refractivity contribution >= 4 is 5.97 Å².